The summed E-state index contributed by atoms with van der Waals surface area (Å²) in [4.78, 5) is 13.8. The van der Waals surface area contributed by atoms with Gasteiger partial charge in [-0.1, -0.05) is 12.2 Å². The van der Waals surface area contributed by atoms with E-state index in [0.29, 0.717) is 36.0 Å². The third-order valence-corrected chi connectivity index (χ3v) is 5.09. The van der Waals surface area contributed by atoms with Crippen molar-refractivity contribution in [2.75, 3.05) is 37.9 Å². The van der Waals surface area contributed by atoms with Gasteiger partial charge in [0.25, 0.3) is 0 Å². The zero-order valence-corrected chi connectivity index (χ0v) is 18.1. The summed E-state index contributed by atoms with van der Waals surface area (Å²) in [5.74, 6) is 3.47. The first kappa shape index (κ1) is 21.1. The normalized spacial score (nSPS) is 11.9. The van der Waals surface area contributed by atoms with E-state index in [2.05, 4.69) is 33.8 Å². The molecule has 2 aromatic heterocycles. The van der Waals surface area contributed by atoms with Crippen LogP contribution in [0.4, 0.5) is 11.6 Å². The van der Waals surface area contributed by atoms with Gasteiger partial charge in [0.15, 0.2) is 5.82 Å². The molecule has 0 spiro atoms. The predicted molar refractivity (Wildman–Crippen MR) is 124 cm³/mol. The van der Waals surface area contributed by atoms with Gasteiger partial charge in [0.05, 0.1) is 30.7 Å². The van der Waals surface area contributed by atoms with Crippen LogP contribution >= 0.6 is 0 Å². The summed E-state index contributed by atoms with van der Waals surface area (Å²) in [5.41, 5.74) is 1.34. The van der Waals surface area contributed by atoms with E-state index >= 15 is 0 Å². The van der Waals surface area contributed by atoms with Gasteiger partial charge in [-0.25, -0.2) is 15.0 Å². The number of nitrogens with zero attached hydrogens (tertiary/aromatic N) is 4. The summed E-state index contributed by atoms with van der Waals surface area (Å²) in [7, 11) is 3.25. The number of anilines is 2. The molecule has 8 heteroatoms. The molecule has 0 unspecified atom stereocenters. The molecule has 32 heavy (non-hydrogen) atoms. The van der Waals surface area contributed by atoms with Crippen LogP contribution in [0.25, 0.3) is 23.5 Å². The lowest BCUT2D eigenvalue weighted by molar-refractivity contribution is 0.395. The Hall–Kier alpha value is -4.12. The van der Waals surface area contributed by atoms with E-state index in [0.717, 1.165) is 40.6 Å². The molecule has 2 heterocycles. The zero-order valence-electron chi connectivity index (χ0n) is 18.1. The number of ether oxygens (including phenoxy) is 2. The van der Waals surface area contributed by atoms with Crippen molar-refractivity contribution in [1.29, 1.82) is 5.26 Å². The predicted octanol–water partition coefficient (Wildman–Crippen LogP) is 2.31. The van der Waals surface area contributed by atoms with Crippen molar-refractivity contribution in [3.05, 3.63) is 52.7 Å². The molecule has 0 atom stereocenters. The number of nitriles is 1. The van der Waals surface area contributed by atoms with E-state index in [4.69, 9.17) is 24.7 Å². The number of benzene rings is 1. The van der Waals surface area contributed by atoms with Gasteiger partial charge in [-0.05, 0) is 37.1 Å². The van der Waals surface area contributed by atoms with Crippen LogP contribution in [-0.2, 0) is 0 Å². The molecule has 0 saturated heterocycles. The topological polar surface area (TPSA) is 105 Å². The van der Waals surface area contributed by atoms with Crippen LogP contribution in [0.5, 0.6) is 11.5 Å². The maximum absolute atomic E-state index is 8.88. The van der Waals surface area contributed by atoms with E-state index in [-0.39, 0.29) is 0 Å². The number of fused-ring (bicyclic) bond motifs is 1. The van der Waals surface area contributed by atoms with Crippen LogP contribution in [0.3, 0.4) is 0 Å². The first-order valence-electron chi connectivity index (χ1n) is 10.4. The van der Waals surface area contributed by atoms with E-state index in [9.17, 15) is 0 Å². The molecule has 3 aromatic rings. The van der Waals surface area contributed by atoms with E-state index in [1.807, 2.05) is 18.2 Å². The molecular weight excluding hydrogens is 404 g/mol. The Bertz CT molecular complexity index is 1270. The van der Waals surface area contributed by atoms with Crippen LogP contribution in [0.2, 0.25) is 0 Å². The monoisotopic (exact) mass is 428 g/mol. The van der Waals surface area contributed by atoms with Crippen LogP contribution in [0, 0.1) is 11.3 Å². The maximum Gasteiger partial charge on any atom is 0.165 e. The first-order chi connectivity index (χ1) is 15.7. The van der Waals surface area contributed by atoms with Gasteiger partial charge in [-0.15, -0.1) is 0 Å². The van der Waals surface area contributed by atoms with Gasteiger partial charge in [0.1, 0.15) is 29.2 Å². The number of aromatic nitrogens is 3. The summed E-state index contributed by atoms with van der Waals surface area (Å²) in [5, 5.41) is 17.5. The second-order valence-corrected chi connectivity index (χ2v) is 7.14. The lowest BCUT2D eigenvalue weighted by Crippen LogP contribution is -2.35. The highest BCUT2D eigenvalue weighted by Gasteiger charge is 2.14. The number of hydrogen-bond donors (Lipinski definition) is 2. The molecular formula is C24H24N6O2. The molecule has 0 bridgehead atoms. The van der Waals surface area contributed by atoms with Gasteiger partial charge in [0.2, 0.25) is 0 Å². The Morgan fingerprint density at radius 2 is 1.84 bits per heavy atom. The fourth-order valence-corrected chi connectivity index (χ4v) is 3.47. The largest absolute Gasteiger partial charge is 0.497 e. The summed E-state index contributed by atoms with van der Waals surface area (Å²) >= 11 is 0. The average Bonchev–Trinajstić information content (AvgIpc) is 2.86. The number of methoxy groups -OCH3 is 2. The summed E-state index contributed by atoms with van der Waals surface area (Å²) in [6.45, 7) is 1.28. The SMILES string of the molecule is COc1ccc(-c2nc(NCCNc3ccc(C#N)cn3)c3c(n2)=CCCC=3)c(OC)c1. The molecule has 4 rings (SSSR count). The van der Waals surface area contributed by atoms with Crippen molar-refractivity contribution in [3.8, 4) is 29.0 Å². The Balaban J connectivity index is 1.56. The maximum atomic E-state index is 8.88. The molecule has 1 aliphatic rings. The Morgan fingerprint density at radius 1 is 1.00 bits per heavy atom. The molecule has 1 aromatic carbocycles. The van der Waals surface area contributed by atoms with E-state index in [1.165, 1.54) is 0 Å². The van der Waals surface area contributed by atoms with Gasteiger partial charge in [-0.3, -0.25) is 0 Å². The van der Waals surface area contributed by atoms with Gasteiger partial charge < -0.3 is 20.1 Å². The lowest BCUT2D eigenvalue weighted by Gasteiger charge is -2.14. The molecule has 0 aliphatic heterocycles. The minimum Gasteiger partial charge on any atom is -0.497 e. The Morgan fingerprint density at radius 3 is 2.59 bits per heavy atom. The quantitative estimate of drug-likeness (QED) is 0.527. The number of rotatable bonds is 8. The summed E-state index contributed by atoms with van der Waals surface area (Å²) in [6, 6.07) is 11.2. The molecule has 0 amide bonds. The summed E-state index contributed by atoms with van der Waals surface area (Å²) in [6.07, 6.45) is 7.77. The van der Waals surface area contributed by atoms with Crippen LogP contribution in [-0.4, -0.2) is 42.3 Å². The van der Waals surface area contributed by atoms with Crippen molar-refractivity contribution in [2.24, 2.45) is 0 Å². The molecule has 8 nitrogen and oxygen atoms in total. The van der Waals surface area contributed by atoms with Crippen molar-refractivity contribution in [1.82, 2.24) is 15.0 Å². The fraction of sp³-hybridized carbons (Fsp3) is 0.250. The zero-order chi connectivity index (χ0) is 22.3. The van der Waals surface area contributed by atoms with E-state index < -0.39 is 0 Å². The van der Waals surface area contributed by atoms with Gasteiger partial charge in [0, 0.05) is 30.6 Å². The second-order valence-electron chi connectivity index (χ2n) is 7.14. The minimum absolute atomic E-state index is 0.537. The Kier molecular flexibility index (Phi) is 6.46. The standard InChI is InChI=1S/C24H24N6O2/c1-31-17-8-9-19(21(13-17)32-2)24-29-20-6-4-3-5-18(20)23(30-24)27-12-11-26-22-10-7-16(14-25)15-28-22/h5-10,13,15H,3-4,11-12H2,1-2H3,(H,26,28)(H,27,29,30). The van der Waals surface area contributed by atoms with Crippen molar-refractivity contribution >= 4 is 23.8 Å². The summed E-state index contributed by atoms with van der Waals surface area (Å²) < 4.78 is 10.9. The minimum atomic E-state index is 0.537. The van der Waals surface area contributed by atoms with Gasteiger partial charge >= 0.3 is 0 Å². The Labute approximate surface area is 186 Å². The van der Waals surface area contributed by atoms with Crippen LogP contribution < -0.4 is 30.7 Å². The highest BCUT2D eigenvalue weighted by Crippen LogP contribution is 2.31. The number of nitrogens with one attached hydrogen (secondary N) is 2. The third-order valence-electron chi connectivity index (χ3n) is 5.09. The van der Waals surface area contributed by atoms with Crippen molar-refractivity contribution < 1.29 is 9.47 Å². The number of hydrogen-bond acceptors (Lipinski definition) is 8. The highest BCUT2D eigenvalue weighted by molar-refractivity contribution is 5.67. The lowest BCUT2D eigenvalue weighted by atomic mass is 10.1. The second kappa shape index (κ2) is 9.79. The fourth-order valence-electron chi connectivity index (χ4n) is 3.47. The van der Waals surface area contributed by atoms with E-state index in [1.54, 1.807) is 32.5 Å². The molecule has 0 radical (unpaired) electrons. The third kappa shape index (κ3) is 4.62. The highest BCUT2D eigenvalue weighted by atomic mass is 16.5. The molecule has 162 valence electrons. The van der Waals surface area contributed by atoms with Crippen molar-refractivity contribution in [2.45, 2.75) is 12.8 Å². The van der Waals surface area contributed by atoms with Crippen LogP contribution in [0.15, 0.2) is 36.5 Å². The smallest absolute Gasteiger partial charge is 0.165 e. The van der Waals surface area contributed by atoms with Crippen LogP contribution in [0.1, 0.15) is 18.4 Å². The molecule has 2 N–H and O–H groups in total. The number of pyridine rings is 1. The first-order valence-corrected chi connectivity index (χ1v) is 10.4. The van der Waals surface area contributed by atoms with Crippen molar-refractivity contribution in [3.63, 3.8) is 0 Å². The van der Waals surface area contributed by atoms with Gasteiger partial charge in [-0.2, -0.15) is 5.26 Å². The molecule has 0 saturated carbocycles. The molecule has 1 aliphatic carbocycles. The average molecular weight is 428 g/mol. The molecule has 0 fully saturated rings.